The van der Waals surface area contributed by atoms with Crippen LogP contribution in [-0.4, -0.2) is 98.3 Å². The molecule has 0 spiro atoms. The summed E-state index contributed by atoms with van der Waals surface area (Å²) < 4.78 is 61.6. The number of nitrogens with zero attached hydrogens (tertiary/aromatic N) is 4. The summed E-state index contributed by atoms with van der Waals surface area (Å²) in [6.07, 6.45) is -0.0614. The number of ketones is 1. The number of carbonyl (C=O) groups excluding carboxylic acids is 3. The second-order valence-electron chi connectivity index (χ2n) is 11.2. The number of β-lactam (4-membered cyclic amide) rings is 1. The normalized spacial score (nSPS) is 16.7. The van der Waals surface area contributed by atoms with E-state index in [0.717, 1.165) is 55.5 Å². The van der Waals surface area contributed by atoms with E-state index in [-0.39, 0.29) is 31.3 Å². The lowest BCUT2D eigenvalue weighted by Crippen LogP contribution is -2.66. The lowest BCUT2D eigenvalue weighted by atomic mass is 9.84. The maximum Gasteiger partial charge on any atom is 0.362 e. The number of benzene rings is 1. The molecule has 24 heteroatoms. The number of rotatable bonds is 15. The van der Waals surface area contributed by atoms with Crippen molar-refractivity contribution in [2.75, 3.05) is 12.3 Å². The Morgan fingerprint density at radius 2 is 1.78 bits per heavy atom. The van der Waals surface area contributed by atoms with Crippen molar-refractivity contribution in [3.8, 4) is 5.75 Å². The summed E-state index contributed by atoms with van der Waals surface area (Å²) in [7, 11) is -9.41. The molecule has 2 amide bonds. The van der Waals surface area contributed by atoms with Crippen LogP contribution in [0.25, 0.3) is 0 Å². The molecule has 0 aliphatic carbocycles. The highest BCUT2D eigenvalue weighted by Gasteiger charge is 2.54. The Balaban J connectivity index is 1.47. The fourth-order valence-corrected chi connectivity index (χ4v) is 6.93. The molecular formula is C27H29N7O14S3. The highest BCUT2D eigenvalue weighted by Crippen LogP contribution is 2.32. The average Bonchev–Trinajstić information content (AvgIpc) is 3.47. The molecule has 1 aromatic carbocycles. The van der Waals surface area contributed by atoms with E-state index in [1.807, 2.05) is 0 Å². The first-order chi connectivity index (χ1) is 23.6. The zero-order valence-corrected chi connectivity index (χ0v) is 28.7. The second kappa shape index (κ2) is 14.4. The number of thiazole rings is 1. The lowest BCUT2D eigenvalue weighted by Gasteiger charge is -2.44. The largest absolute Gasteiger partial charge is 0.503 e. The Morgan fingerprint density at radius 1 is 1.14 bits per heavy atom. The van der Waals surface area contributed by atoms with E-state index in [9.17, 15) is 60.8 Å². The first kappa shape index (κ1) is 38.4. The number of nitrogens with one attached hydrogen (secondary N) is 2. The molecule has 51 heavy (non-hydrogen) atoms. The zero-order valence-electron chi connectivity index (χ0n) is 26.3. The summed E-state index contributed by atoms with van der Waals surface area (Å²) in [5.41, 5.74) is 1.91. The van der Waals surface area contributed by atoms with Crippen LogP contribution in [0.2, 0.25) is 0 Å². The Hall–Kier alpha value is -5.43. The van der Waals surface area contributed by atoms with Gasteiger partial charge in [-0.2, -0.15) is 13.1 Å². The minimum Gasteiger partial charge on any atom is -0.503 e. The molecule has 0 bridgehead atoms. The van der Waals surface area contributed by atoms with Crippen LogP contribution in [-0.2, 0) is 46.1 Å². The molecule has 4 rings (SSSR count). The molecule has 0 unspecified atom stereocenters. The Labute approximate surface area is 291 Å². The van der Waals surface area contributed by atoms with E-state index in [4.69, 9.17) is 10.6 Å². The molecule has 8 N–H and O–H groups in total. The van der Waals surface area contributed by atoms with Gasteiger partial charge in [0.25, 0.3) is 5.91 Å². The molecule has 21 nitrogen and oxygen atoms in total. The number of aliphatic carboxylic acids is 1. The second-order valence-corrected chi connectivity index (χ2v) is 15.2. The van der Waals surface area contributed by atoms with E-state index in [2.05, 4.69) is 20.2 Å². The zero-order chi connectivity index (χ0) is 38.1. The van der Waals surface area contributed by atoms with E-state index in [1.165, 1.54) is 5.38 Å². The number of nitrogen functional groups attached to an aromatic ring is 1. The molecule has 2 aromatic heterocycles. The molecule has 0 radical (unpaired) electrons. The molecule has 1 aliphatic heterocycles. The van der Waals surface area contributed by atoms with Crippen LogP contribution in [0.4, 0.5) is 5.13 Å². The number of aromatic nitrogens is 2. The summed E-state index contributed by atoms with van der Waals surface area (Å²) in [6.45, 7) is 1.13. The van der Waals surface area contributed by atoms with E-state index in [0.29, 0.717) is 10.9 Å². The molecule has 0 saturated carbocycles. The number of hydrogen-bond donors (Lipinski definition) is 7. The van der Waals surface area contributed by atoms with Crippen LogP contribution >= 0.6 is 11.3 Å². The third-order valence-corrected chi connectivity index (χ3v) is 10.3. The molecular weight excluding hydrogens is 743 g/mol. The van der Waals surface area contributed by atoms with Crippen LogP contribution in [0, 0.1) is 5.92 Å². The lowest BCUT2D eigenvalue weighted by molar-refractivity contribution is -0.161. The highest BCUT2D eigenvalue weighted by atomic mass is 32.2. The summed E-state index contributed by atoms with van der Waals surface area (Å²) >= 11 is 0.909. The van der Waals surface area contributed by atoms with Crippen LogP contribution in [0.3, 0.4) is 0 Å². The van der Waals surface area contributed by atoms with Gasteiger partial charge in [0, 0.05) is 30.0 Å². The number of hydrogen-bond acceptors (Lipinski definition) is 16. The molecule has 2 atom stereocenters. The smallest absolute Gasteiger partial charge is 0.362 e. The number of carboxylic acids is 1. The third kappa shape index (κ3) is 8.66. The number of pyridine rings is 1. The van der Waals surface area contributed by atoms with Gasteiger partial charge in [-0.25, -0.2) is 27.2 Å². The molecule has 274 valence electrons. The fraction of sp³-hybridized carbons (Fsp3) is 0.296. The summed E-state index contributed by atoms with van der Waals surface area (Å²) in [6, 6.07) is 3.61. The van der Waals surface area contributed by atoms with E-state index >= 15 is 0 Å². The molecule has 3 heterocycles. The summed E-state index contributed by atoms with van der Waals surface area (Å²) in [4.78, 5) is 70.7. The van der Waals surface area contributed by atoms with Crippen molar-refractivity contribution in [1.29, 1.82) is 0 Å². The van der Waals surface area contributed by atoms with Crippen molar-refractivity contribution in [3.63, 3.8) is 0 Å². The minimum absolute atomic E-state index is 0.00938. The number of carbonyl (C=O) groups is 4. The van der Waals surface area contributed by atoms with Gasteiger partial charge in [0.05, 0.1) is 35.3 Å². The third-order valence-electron chi connectivity index (χ3n) is 7.29. The molecule has 1 aliphatic rings. The average molecular weight is 772 g/mol. The number of oxime groups is 1. The number of aromatic hydroxyl groups is 1. The van der Waals surface area contributed by atoms with Crippen molar-refractivity contribution in [2.45, 2.75) is 43.4 Å². The number of sulfonamides is 1. The standard InChI is InChI=1S/C27H29N7O14S3/c1-27(2,25(40)41)48-32-22(17-12-49-26(28)31-17)20(36)8-16-18(34(24(16)39)51(45,46)47)10-29-23(38)13-3-5-15(6-4-13)50(43,44)30-9-14-7-19(35)21(37)11-33(14)42/h3-7,11-12,16,18,30,37,42H,8-10H2,1-2H3,(H2,28,31)(H,29,38)(H,40,41)(H,45,46,47)/b32-22-/t16-,18+/m0/s1. The van der Waals surface area contributed by atoms with Gasteiger partial charge in [-0.05, 0) is 38.1 Å². The fourth-order valence-electron chi connectivity index (χ4n) is 4.46. The van der Waals surface area contributed by atoms with Crippen LogP contribution in [0.15, 0.2) is 56.8 Å². The predicted octanol–water partition coefficient (Wildman–Crippen LogP) is -1.09. The number of anilines is 1. The number of carboxylic acid groups (broad SMARTS) is 1. The minimum atomic E-state index is -5.16. The van der Waals surface area contributed by atoms with Crippen molar-refractivity contribution >= 4 is 66.1 Å². The molecule has 1 saturated heterocycles. The maximum absolute atomic E-state index is 13.3. The maximum atomic E-state index is 13.3. The van der Waals surface area contributed by atoms with Gasteiger partial charge in [-0.1, -0.05) is 5.16 Å². The van der Waals surface area contributed by atoms with Crippen LogP contribution in [0.5, 0.6) is 5.75 Å². The van der Waals surface area contributed by atoms with Crippen LogP contribution in [0.1, 0.15) is 42.0 Å². The van der Waals surface area contributed by atoms with Gasteiger partial charge in [0.1, 0.15) is 5.69 Å². The quantitative estimate of drug-likeness (QED) is 0.0317. The monoisotopic (exact) mass is 771 g/mol. The molecule has 3 aromatic rings. The van der Waals surface area contributed by atoms with Crippen molar-refractivity contribution in [3.05, 3.63) is 69.1 Å². The first-order valence-corrected chi connectivity index (χ1v) is 17.9. The van der Waals surface area contributed by atoms with Crippen molar-refractivity contribution in [1.82, 2.24) is 24.1 Å². The van der Waals surface area contributed by atoms with E-state index < -0.39 is 97.9 Å². The number of amides is 2. The Bertz CT molecular complexity index is 2200. The van der Waals surface area contributed by atoms with Gasteiger partial charge < -0.3 is 31.3 Å². The topological polar surface area (TPSA) is 327 Å². The molecule has 1 fully saturated rings. The van der Waals surface area contributed by atoms with Gasteiger partial charge in [-0.15, -0.1) is 11.3 Å². The number of Topliss-reactive ketones (excluding diaryl/α,β-unsaturated/α-hetero) is 1. The summed E-state index contributed by atoms with van der Waals surface area (Å²) in [5, 5.41) is 35.8. The van der Waals surface area contributed by atoms with Gasteiger partial charge >= 0.3 is 16.3 Å². The Kier molecular flexibility index (Phi) is 10.9. The van der Waals surface area contributed by atoms with Gasteiger partial charge in [0.2, 0.25) is 27.0 Å². The SMILES string of the molecule is CC(C)(O/N=C(\C(=O)C[C@@H]1C(=O)N(S(=O)(=O)O)[C@@H]1CNC(=O)c1ccc(S(=O)(=O)NCc2cc(=O)c(O)cn2O)cc1)c1csc(N)n1)C(=O)O. The van der Waals surface area contributed by atoms with Crippen molar-refractivity contribution in [2.24, 2.45) is 11.1 Å². The first-order valence-electron chi connectivity index (χ1n) is 14.2. The van der Waals surface area contributed by atoms with E-state index in [1.54, 1.807) is 0 Å². The van der Waals surface area contributed by atoms with Crippen LogP contribution < -0.4 is 21.2 Å². The summed E-state index contributed by atoms with van der Waals surface area (Å²) in [5.74, 6) is -6.63. The van der Waals surface area contributed by atoms with Crippen molar-refractivity contribution < 1.29 is 60.8 Å². The highest BCUT2D eigenvalue weighted by molar-refractivity contribution is 7.89. The predicted molar refractivity (Wildman–Crippen MR) is 174 cm³/mol. The van der Waals surface area contributed by atoms with Gasteiger partial charge in [-0.3, -0.25) is 23.7 Å². The van der Waals surface area contributed by atoms with Gasteiger partial charge in [0.15, 0.2) is 22.4 Å². The Morgan fingerprint density at radius 3 is 2.35 bits per heavy atom. The number of nitrogens with two attached hydrogens (primary N) is 1.